The molecule has 0 spiro atoms. The highest BCUT2D eigenvalue weighted by atomic mass is 32.1. The Hall–Kier alpha value is -3.13. The van der Waals surface area contributed by atoms with Crippen molar-refractivity contribution in [3.05, 3.63) is 56.1 Å². The van der Waals surface area contributed by atoms with Crippen LogP contribution in [0, 0.1) is 6.92 Å². The zero-order chi connectivity index (χ0) is 20.1. The average molecular weight is 410 g/mol. The lowest BCUT2D eigenvalue weighted by Crippen LogP contribution is -2.14. The first-order valence-corrected chi connectivity index (χ1v) is 10.1. The predicted molar refractivity (Wildman–Crippen MR) is 109 cm³/mol. The number of thiophene rings is 1. The van der Waals surface area contributed by atoms with Gasteiger partial charge in [-0.3, -0.25) is 4.79 Å². The van der Waals surface area contributed by atoms with Gasteiger partial charge in [-0.05, 0) is 49.9 Å². The molecule has 3 aromatic heterocycles. The summed E-state index contributed by atoms with van der Waals surface area (Å²) in [5, 5.41) is 1.47. The normalized spacial score (nSPS) is 13.2. The van der Waals surface area contributed by atoms with Crippen molar-refractivity contribution in [2.75, 3.05) is 7.11 Å². The minimum atomic E-state index is -0.603. The maximum Gasteiger partial charge on any atom is 0.375 e. The van der Waals surface area contributed by atoms with Crippen molar-refractivity contribution in [2.24, 2.45) is 0 Å². The number of carbonyl (C=O) groups excluding carboxylic acids is 1. The summed E-state index contributed by atoms with van der Waals surface area (Å²) in [6.07, 6.45) is 3.00. The molecule has 0 fully saturated rings. The zero-order valence-corrected chi connectivity index (χ0v) is 16.8. The van der Waals surface area contributed by atoms with Crippen molar-refractivity contribution >= 4 is 38.5 Å². The molecule has 0 unspecified atom stereocenters. The summed E-state index contributed by atoms with van der Waals surface area (Å²) in [5.74, 6) is 0.534. The molecule has 7 nitrogen and oxygen atoms in total. The number of methoxy groups -OCH3 is 1. The van der Waals surface area contributed by atoms with Crippen molar-refractivity contribution in [2.45, 2.75) is 32.8 Å². The van der Waals surface area contributed by atoms with Gasteiger partial charge in [0.1, 0.15) is 28.6 Å². The minimum absolute atomic E-state index is 0.131. The number of ether oxygens (including phenoxy) is 2. The molecule has 0 aliphatic heterocycles. The molecule has 0 radical (unpaired) electrons. The molecule has 0 atom stereocenters. The van der Waals surface area contributed by atoms with Crippen LogP contribution in [-0.2, 0) is 24.2 Å². The van der Waals surface area contributed by atoms with Crippen molar-refractivity contribution in [1.82, 2.24) is 9.97 Å². The fourth-order valence-electron chi connectivity index (χ4n) is 3.84. The van der Waals surface area contributed by atoms with Gasteiger partial charge in [0.15, 0.2) is 0 Å². The molecule has 5 rings (SSSR count). The SMILES string of the molecule is COc1ccc2oc(C(=O)OCc3nc4sc5c(c4c(=O)[nH]3)CCC5)c(C)c2c1. The van der Waals surface area contributed by atoms with Gasteiger partial charge in [-0.2, -0.15) is 0 Å². The fourth-order valence-corrected chi connectivity index (χ4v) is 5.12. The second-order valence-electron chi connectivity index (χ2n) is 7.04. The molecule has 148 valence electrons. The molecule has 1 aliphatic carbocycles. The molecule has 0 amide bonds. The van der Waals surface area contributed by atoms with E-state index in [2.05, 4.69) is 9.97 Å². The number of aryl methyl sites for hydroxylation is 3. The highest BCUT2D eigenvalue weighted by Crippen LogP contribution is 2.34. The number of esters is 1. The number of hydrogen-bond donors (Lipinski definition) is 1. The summed E-state index contributed by atoms with van der Waals surface area (Å²) in [6, 6.07) is 5.33. The second kappa shape index (κ2) is 6.73. The van der Waals surface area contributed by atoms with Crippen molar-refractivity contribution in [3.8, 4) is 5.75 Å². The molecule has 0 saturated carbocycles. The van der Waals surface area contributed by atoms with Crippen LogP contribution in [0.5, 0.6) is 5.75 Å². The Balaban J connectivity index is 1.40. The molecule has 1 N–H and O–H groups in total. The summed E-state index contributed by atoms with van der Waals surface area (Å²) in [7, 11) is 1.58. The maximum absolute atomic E-state index is 12.6. The van der Waals surface area contributed by atoms with Gasteiger partial charge in [-0.15, -0.1) is 11.3 Å². The Bertz CT molecular complexity index is 1330. The molecule has 0 saturated heterocycles. The van der Waals surface area contributed by atoms with Crippen LogP contribution in [0.1, 0.15) is 38.8 Å². The van der Waals surface area contributed by atoms with Gasteiger partial charge >= 0.3 is 5.97 Å². The number of benzene rings is 1. The van der Waals surface area contributed by atoms with Crippen LogP contribution >= 0.6 is 11.3 Å². The first-order valence-electron chi connectivity index (χ1n) is 9.33. The quantitative estimate of drug-likeness (QED) is 0.513. The van der Waals surface area contributed by atoms with Gasteiger partial charge in [-0.1, -0.05) is 0 Å². The Morgan fingerprint density at radius 2 is 2.21 bits per heavy atom. The molecule has 0 bridgehead atoms. The van der Waals surface area contributed by atoms with Crippen LogP contribution in [0.15, 0.2) is 27.4 Å². The number of aromatic amines is 1. The Morgan fingerprint density at radius 1 is 1.34 bits per heavy atom. The van der Waals surface area contributed by atoms with E-state index in [1.165, 1.54) is 4.88 Å². The zero-order valence-electron chi connectivity index (χ0n) is 16.0. The summed E-state index contributed by atoms with van der Waals surface area (Å²) in [5.41, 5.74) is 2.20. The van der Waals surface area contributed by atoms with Crippen LogP contribution in [-0.4, -0.2) is 23.0 Å². The minimum Gasteiger partial charge on any atom is -0.497 e. The van der Waals surface area contributed by atoms with Gasteiger partial charge in [0.05, 0.1) is 12.5 Å². The number of fused-ring (bicyclic) bond motifs is 4. The molecule has 1 aromatic carbocycles. The largest absolute Gasteiger partial charge is 0.497 e. The molecular formula is C21H18N2O5S. The number of H-pyrrole nitrogens is 1. The topological polar surface area (TPSA) is 94.4 Å². The Labute approximate surface area is 169 Å². The van der Waals surface area contributed by atoms with E-state index in [0.29, 0.717) is 32.9 Å². The number of nitrogens with zero attached hydrogens (tertiary/aromatic N) is 1. The smallest absolute Gasteiger partial charge is 0.375 e. The van der Waals surface area contributed by atoms with E-state index >= 15 is 0 Å². The monoisotopic (exact) mass is 410 g/mol. The average Bonchev–Trinajstić information content (AvgIpc) is 3.39. The number of carbonyl (C=O) groups is 1. The standard InChI is InChI=1S/C21H18N2O5S/c1-10-13-8-11(26-2)6-7-14(13)28-18(10)21(25)27-9-16-22-19(24)17-12-4-3-5-15(12)29-20(17)23-16/h6-8H,3-5,9H2,1-2H3,(H,22,23,24). The van der Waals surface area contributed by atoms with E-state index < -0.39 is 5.97 Å². The lowest BCUT2D eigenvalue weighted by atomic mass is 10.1. The molecule has 4 aromatic rings. The van der Waals surface area contributed by atoms with Crippen molar-refractivity contribution in [3.63, 3.8) is 0 Å². The van der Waals surface area contributed by atoms with E-state index in [0.717, 1.165) is 30.2 Å². The lowest BCUT2D eigenvalue weighted by molar-refractivity contribution is 0.0427. The van der Waals surface area contributed by atoms with E-state index in [4.69, 9.17) is 13.9 Å². The van der Waals surface area contributed by atoms with Crippen LogP contribution in [0.2, 0.25) is 0 Å². The number of hydrogen-bond acceptors (Lipinski definition) is 7. The summed E-state index contributed by atoms with van der Waals surface area (Å²) in [6.45, 7) is 1.66. The van der Waals surface area contributed by atoms with Crippen LogP contribution in [0.3, 0.4) is 0 Å². The molecule has 29 heavy (non-hydrogen) atoms. The molecule has 3 heterocycles. The van der Waals surface area contributed by atoms with Gasteiger partial charge in [0, 0.05) is 15.8 Å². The Kier molecular flexibility index (Phi) is 4.16. The number of aromatic nitrogens is 2. The Morgan fingerprint density at radius 3 is 3.03 bits per heavy atom. The second-order valence-corrected chi connectivity index (χ2v) is 8.13. The van der Waals surface area contributed by atoms with Crippen LogP contribution < -0.4 is 10.3 Å². The van der Waals surface area contributed by atoms with Crippen molar-refractivity contribution < 1.29 is 18.7 Å². The van der Waals surface area contributed by atoms with E-state index in [9.17, 15) is 9.59 Å². The first kappa shape index (κ1) is 17.9. The lowest BCUT2D eigenvalue weighted by Gasteiger charge is -2.04. The number of furan rings is 1. The number of nitrogens with one attached hydrogen (secondary N) is 1. The third-order valence-electron chi connectivity index (χ3n) is 5.29. The van der Waals surface area contributed by atoms with E-state index in [1.807, 2.05) is 6.07 Å². The molecule has 1 aliphatic rings. The van der Waals surface area contributed by atoms with Crippen molar-refractivity contribution in [1.29, 1.82) is 0 Å². The highest BCUT2D eigenvalue weighted by molar-refractivity contribution is 7.18. The summed E-state index contributed by atoms with van der Waals surface area (Å²) in [4.78, 5) is 34.2. The summed E-state index contributed by atoms with van der Waals surface area (Å²) < 4.78 is 16.3. The maximum atomic E-state index is 12.6. The first-order chi connectivity index (χ1) is 14.0. The van der Waals surface area contributed by atoms with Gasteiger partial charge in [0.2, 0.25) is 5.76 Å². The van der Waals surface area contributed by atoms with E-state index in [1.54, 1.807) is 37.5 Å². The summed E-state index contributed by atoms with van der Waals surface area (Å²) >= 11 is 1.55. The van der Waals surface area contributed by atoms with Gasteiger partial charge in [-0.25, -0.2) is 9.78 Å². The van der Waals surface area contributed by atoms with Crippen LogP contribution in [0.4, 0.5) is 0 Å². The van der Waals surface area contributed by atoms with Gasteiger partial charge in [0.25, 0.3) is 5.56 Å². The third-order valence-corrected chi connectivity index (χ3v) is 6.48. The van der Waals surface area contributed by atoms with Gasteiger partial charge < -0.3 is 18.9 Å². The molecular weight excluding hydrogens is 392 g/mol. The van der Waals surface area contributed by atoms with Crippen LogP contribution in [0.25, 0.3) is 21.2 Å². The highest BCUT2D eigenvalue weighted by Gasteiger charge is 2.23. The molecule has 8 heteroatoms. The predicted octanol–water partition coefficient (Wildman–Crippen LogP) is 3.89. The fraction of sp³-hybridized carbons (Fsp3) is 0.286. The third kappa shape index (κ3) is 2.91. The van der Waals surface area contributed by atoms with E-state index in [-0.39, 0.29) is 17.9 Å². The number of rotatable bonds is 4.